The molecule has 1 amide bonds. The van der Waals surface area contributed by atoms with Crippen molar-refractivity contribution in [2.24, 2.45) is 5.41 Å². The zero-order valence-electron chi connectivity index (χ0n) is 20.8. The predicted molar refractivity (Wildman–Crippen MR) is 146 cm³/mol. The van der Waals surface area contributed by atoms with Gasteiger partial charge in [-0.2, -0.15) is 9.49 Å². The zero-order valence-corrected chi connectivity index (χ0v) is 21.7. The van der Waals surface area contributed by atoms with Crippen LogP contribution in [-0.4, -0.2) is 41.0 Å². The van der Waals surface area contributed by atoms with Gasteiger partial charge in [0, 0.05) is 40.2 Å². The van der Waals surface area contributed by atoms with Crippen molar-refractivity contribution in [1.29, 1.82) is 0 Å². The summed E-state index contributed by atoms with van der Waals surface area (Å²) in [5.74, 6) is 0.483. The summed E-state index contributed by atoms with van der Waals surface area (Å²) in [4.78, 5) is 34.4. The number of imidazole rings is 1. The van der Waals surface area contributed by atoms with E-state index in [0.29, 0.717) is 34.8 Å². The fourth-order valence-electron chi connectivity index (χ4n) is 4.27. The number of aromatic nitrogens is 7. The summed E-state index contributed by atoms with van der Waals surface area (Å²) in [5.41, 5.74) is 5.43. The van der Waals surface area contributed by atoms with Gasteiger partial charge in [0.25, 0.3) is 0 Å². The van der Waals surface area contributed by atoms with Crippen LogP contribution in [0.4, 0.5) is 10.1 Å². The minimum absolute atomic E-state index is 0.0685. The Bertz CT molecular complexity index is 1810. The number of halogens is 1. The van der Waals surface area contributed by atoms with Crippen LogP contribution in [0.1, 0.15) is 27.2 Å². The number of carbonyl (C=O) groups excluding carboxylic acids is 1. The monoisotopic (exact) mass is 526 g/mol. The van der Waals surface area contributed by atoms with Crippen molar-refractivity contribution in [1.82, 2.24) is 35.1 Å². The van der Waals surface area contributed by atoms with Crippen molar-refractivity contribution >= 4 is 44.9 Å². The number of amides is 1. The van der Waals surface area contributed by atoms with Crippen molar-refractivity contribution in [3.05, 3.63) is 60.4 Å². The SMILES string of the molecule is CC(C)(C)CC(=O)Nc1cncc(-c2cc3c(-c4nc5c(-c6ccc(F)s6)cncc5[nH]4)n[nH]c3cn2)c1. The van der Waals surface area contributed by atoms with E-state index in [4.69, 9.17) is 4.98 Å². The second-order valence-corrected chi connectivity index (χ2v) is 11.2. The van der Waals surface area contributed by atoms with E-state index in [1.807, 2.05) is 32.9 Å². The number of thiophene rings is 1. The second kappa shape index (κ2) is 9.10. The first-order chi connectivity index (χ1) is 18.2. The van der Waals surface area contributed by atoms with Crippen LogP contribution in [0.5, 0.6) is 0 Å². The molecular formula is C27H23FN8OS. The smallest absolute Gasteiger partial charge is 0.224 e. The Kier molecular flexibility index (Phi) is 5.72. The molecule has 0 unspecified atom stereocenters. The number of anilines is 1. The molecule has 0 aliphatic heterocycles. The quantitative estimate of drug-likeness (QED) is 0.246. The zero-order chi connectivity index (χ0) is 26.4. The van der Waals surface area contributed by atoms with Crippen molar-refractivity contribution in [3.63, 3.8) is 0 Å². The van der Waals surface area contributed by atoms with Crippen molar-refractivity contribution in [3.8, 4) is 33.2 Å². The van der Waals surface area contributed by atoms with Gasteiger partial charge in [-0.15, -0.1) is 11.3 Å². The average molecular weight is 527 g/mol. The molecule has 0 aromatic carbocycles. The molecule has 0 bridgehead atoms. The maximum atomic E-state index is 13.7. The van der Waals surface area contributed by atoms with Crippen molar-refractivity contribution < 1.29 is 9.18 Å². The molecule has 11 heteroatoms. The lowest BCUT2D eigenvalue weighted by atomic mass is 9.92. The number of rotatable bonds is 5. The number of aromatic amines is 2. The van der Waals surface area contributed by atoms with Gasteiger partial charge in [-0.05, 0) is 29.7 Å². The Morgan fingerprint density at radius 1 is 1.05 bits per heavy atom. The van der Waals surface area contributed by atoms with E-state index < -0.39 is 0 Å². The Morgan fingerprint density at radius 3 is 2.68 bits per heavy atom. The molecule has 6 aromatic rings. The van der Waals surface area contributed by atoms with Gasteiger partial charge in [-0.3, -0.25) is 24.8 Å². The third kappa shape index (κ3) is 4.63. The predicted octanol–water partition coefficient (Wildman–Crippen LogP) is 6.20. The van der Waals surface area contributed by atoms with Crippen LogP contribution >= 0.6 is 11.3 Å². The van der Waals surface area contributed by atoms with Gasteiger partial charge in [-0.1, -0.05) is 20.8 Å². The average Bonchev–Trinajstić information content (AvgIpc) is 3.60. The number of pyridine rings is 3. The summed E-state index contributed by atoms with van der Waals surface area (Å²) in [6, 6.07) is 6.91. The first kappa shape index (κ1) is 23.9. The molecule has 0 saturated carbocycles. The number of nitrogens with zero attached hydrogens (tertiary/aromatic N) is 5. The number of carbonyl (C=O) groups is 1. The van der Waals surface area contributed by atoms with E-state index in [1.54, 1.807) is 37.1 Å². The van der Waals surface area contributed by atoms with Crippen molar-refractivity contribution in [2.75, 3.05) is 5.32 Å². The van der Waals surface area contributed by atoms with E-state index in [9.17, 15) is 9.18 Å². The van der Waals surface area contributed by atoms with Crippen LogP contribution in [0.15, 0.2) is 55.2 Å². The highest BCUT2D eigenvalue weighted by Gasteiger charge is 2.18. The molecule has 190 valence electrons. The van der Waals surface area contributed by atoms with Gasteiger partial charge < -0.3 is 10.3 Å². The van der Waals surface area contributed by atoms with Crippen LogP contribution in [0.3, 0.4) is 0 Å². The highest BCUT2D eigenvalue weighted by Crippen LogP contribution is 2.34. The van der Waals surface area contributed by atoms with Gasteiger partial charge >= 0.3 is 0 Å². The van der Waals surface area contributed by atoms with Crippen LogP contribution in [0.2, 0.25) is 0 Å². The van der Waals surface area contributed by atoms with Crippen LogP contribution in [-0.2, 0) is 4.79 Å². The molecule has 38 heavy (non-hydrogen) atoms. The summed E-state index contributed by atoms with van der Waals surface area (Å²) >= 11 is 1.05. The third-order valence-corrected chi connectivity index (χ3v) is 6.82. The molecule has 0 saturated heterocycles. The molecule has 3 N–H and O–H groups in total. The molecule has 6 heterocycles. The maximum Gasteiger partial charge on any atom is 0.224 e. The molecule has 0 spiro atoms. The molecule has 0 atom stereocenters. The summed E-state index contributed by atoms with van der Waals surface area (Å²) in [6.07, 6.45) is 8.79. The van der Waals surface area contributed by atoms with Crippen LogP contribution < -0.4 is 5.32 Å². The first-order valence-corrected chi connectivity index (χ1v) is 12.7. The normalized spacial score (nSPS) is 11.9. The number of hydrogen-bond acceptors (Lipinski definition) is 7. The minimum atomic E-state index is -0.265. The maximum absolute atomic E-state index is 13.7. The molecule has 0 fully saturated rings. The Balaban J connectivity index is 1.36. The van der Waals surface area contributed by atoms with E-state index in [0.717, 1.165) is 43.8 Å². The fourth-order valence-corrected chi connectivity index (χ4v) is 5.02. The number of hydrogen-bond donors (Lipinski definition) is 3. The van der Waals surface area contributed by atoms with Gasteiger partial charge in [0.15, 0.2) is 11.0 Å². The largest absolute Gasteiger partial charge is 0.335 e. The van der Waals surface area contributed by atoms with Crippen LogP contribution in [0, 0.1) is 10.5 Å². The lowest BCUT2D eigenvalue weighted by Gasteiger charge is -2.17. The van der Waals surface area contributed by atoms with Gasteiger partial charge in [0.1, 0.15) is 11.2 Å². The fraction of sp³-hybridized carbons (Fsp3) is 0.185. The topological polar surface area (TPSA) is 125 Å². The summed E-state index contributed by atoms with van der Waals surface area (Å²) in [7, 11) is 0. The number of H-pyrrole nitrogens is 2. The highest BCUT2D eigenvalue weighted by atomic mass is 32.1. The first-order valence-electron chi connectivity index (χ1n) is 11.9. The van der Waals surface area contributed by atoms with E-state index in [-0.39, 0.29) is 16.5 Å². The third-order valence-electron chi connectivity index (χ3n) is 5.91. The van der Waals surface area contributed by atoms with E-state index in [1.165, 1.54) is 6.07 Å². The minimum Gasteiger partial charge on any atom is -0.335 e. The molecule has 6 rings (SSSR count). The molecule has 0 aliphatic rings. The molecule has 0 aliphatic carbocycles. The standard InChI is InChI=1S/C27H23FN8OS/c1-27(2,3)8-23(37)32-15-6-14(9-29-10-15)18-7-16-19(13-31-18)35-36-25(16)26-33-20-12-30-11-17(24(20)34-26)21-4-5-22(28)38-21/h4-7,9-13H,8H2,1-3H3,(H,32,37)(H,33,34)(H,35,36). The number of fused-ring (bicyclic) bond motifs is 2. The molecular weight excluding hydrogens is 503 g/mol. The second-order valence-electron chi connectivity index (χ2n) is 10.2. The lowest BCUT2D eigenvalue weighted by molar-refractivity contribution is -0.117. The van der Waals surface area contributed by atoms with Gasteiger partial charge in [0.05, 0.1) is 41.0 Å². The van der Waals surface area contributed by atoms with E-state index in [2.05, 4.69) is 35.5 Å². The Hall–Kier alpha value is -4.51. The Labute approximate surface area is 220 Å². The molecule has 0 radical (unpaired) electrons. The summed E-state index contributed by atoms with van der Waals surface area (Å²) < 4.78 is 13.7. The highest BCUT2D eigenvalue weighted by molar-refractivity contribution is 7.14. The lowest BCUT2D eigenvalue weighted by Crippen LogP contribution is -2.19. The van der Waals surface area contributed by atoms with Gasteiger partial charge in [-0.25, -0.2) is 4.98 Å². The Morgan fingerprint density at radius 2 is 1.89 bits per heavy atom. The summed E-state index contributed by atoms with van der Waals surface area (Å²) in [5, 5.41) is 11.0. The van der Waals surface area contributed by atoms with Crippen molar-refractivity contribution in [2.45, 2.75) is 27.2 Å². The number of nitrogens with one attached hydrogen (secondary N) is 3. The van der Waals surface area contributed by atoms with Gasteiger partial charge in [0.2, 0.25) is 5.91 Å². The molecule has 6 aromatic heterocycles. The molecule has 9 nitrogen and oxygen atoms in total. The van der Waals surface area contributed by atoms with Crippen LogP contribution in [0.25, 0.3) is 55.2 Å². The summed E-state index contributed by atoms with van der Waals surface area (Å²) in [6.45, 7) is 6.05. The van der Waals surface area contributed by atoms with E-state index >= 15 is 0 Å².